The van der Waals surface area contributed by atoms with Gasteiger partial charge in [-0.2, -0.15) is 26.3 Å². The molecular formula is C43H39ClF6N6O5. The van der Waals surface area contributed by atoms with E-state index >= 15 is 0 Å². The molecule has 5 aromatic carbocycles. The van der Waals surface area contributed by atoms with Crippen LogP contribution in [0.5, 0.6) is 0 Å². The summed E-state index contributed by atoms with van der Waals surface area (Å²) in [5.41, 5.74) is 7.17. The summed E-state index contributed by atoms with van der Waals surface area (Å²) in [5.74, 6) is -1.82. The zero-order valence-electron chi connectivity index (χ0n) is 32.7. The number of nitrogens with two attached hydrogens (primary N) is 1. The number of likely N-dealkylation sites (N-methyl/N-ethyl adjacent to an activating group) is 2. The number of primary amides is 1. The van der Waals surface area contributed by atoms with Crippen LogP contribution in [0.4, 0.5) is 43.4 Å². The van der Waals surface area contributed by atoms with Crippen molar-refractivity contribution in [2.75, 3.05) is 37.8 Å². The van der Waals surface area contributed by atoms with Crippen molar-refractivity contribution in [3.8, 4) is 0 Å². The Kier molecular flexibility index (Phi) is 14.6. The Balaban J connectivity index is 0.000000193. The lowest BCUT2D eigenvalue weighted by Crippen LogP contribution is -2.26. The molecule has 0 saturated carbocycles. The van der Waals surface area contributed by atoms with E-state index in [1.165, 1.54) is 29.3 Å². The van der Waals surface area contributed by atoms with Crippen LogP contribution in [0.15, 0.2) is 103 Å². The molecule has 2 aliphatic rings. The van der Waals surface area contributed by atoms with Gasteiger partial charge in [0.1, 0.15) is 5.02 Å². The first-order valence-corrected chi connectivity index (χ1v) is 18.9. The SMILES string of the molecule is CN1CCc2ccc(NC(=O)c3cc(C(F)(F)F)cc(C(F)(F)F)c3)cc2C1.CN1CCc2ccc(NC(=O)c3ccc(Cl)c([N+](=O)[O-])c3)cc2C1.NC(=O)c1ccccc1. The Morgan fingerprint density at radius 3 is 1.54 bits per heavy atom. The van der Waals surface area contributed by atoms with E-state index in [-0.39, 0.29) is 28.2 Å². The molecule has 18 heteroatoms. The first-order valence-electron chi connectivity index (χ1n) is 18.5. The van der Waals surface area contributed by atoms with Gasteiger partial charge in [0.15, 0.2) is 0 Å². The summed E-state index contributed by atoms with van der Waals surface area (Å²) in [6.07, 6.45) is -8.20. The van der Waals surface area contributed by atoms with E-state index in [9.17, 15) is 50.8 Å². The predicted octanol–water partition coefficient (Wildman–Crippen LogP) is 9.24. The Morgan fingerprint density at radius 1 is 0.639 bits per heavy atom. The lowest BCUT2D eigenvalue weighted by atomic mass is 9.99. The number of fused-ring (bicyclic) bond motifs is 2. The quantitative estimate of drug-likeness (QED) is 0.0875. The average Bonchev–Trinajstić information content (AvgIpc) is 3.20. The lowest BCUT2D eigenvalue weighted by molar-refractivity contribution is -0.384. The minimum Gasteiger partial charge on any atom is -0.366 e. The molecule has 0 unspecified atom stereocenters. The lowest BCUT2D eigenvalue weighted by Gasteiger charge is -2.25. The molecule has 320 valence electrons. The fraction of sp³-hybridized carbons (Fsp3) is 0.233. The van der Waals surface area contributed by atoms with Crippen molar-refractivity contribution in [3.05, 3.63) is 168 Å². The van der Waals surface area contributed by atoms with Crippen LogP contribution in [0.3, 0.4) is 0 Å². The molecule has 3 amide bonds. The number of carbonyl (C=O) groups is 3. The van der Waals surface area contributed by atoms with E-state index in [4.69, 9.17) is 17.3 Å². The molecule has 0 saturated heterocycles. The number of hydrogen-bond acceptors (Lipinski definition) is 7. The second kappa shape index (κ2) is 19.4. The number of rotatable bonds is 6. The third-order valence-electron chi connectivity index (χ3n) is 9.65. The summed E-state index contributed by atoms with van der Waals surface area (Å²) >= 11 is 5.77. The van der Waals surface area contributed by atoms with Gasteiger partial charge in [0, 0.05) is 60.3 Å². The van der Waals surface area contributed by atoms with Gasteiger partial charge in [-0.1, -0.05) is 41.9 Å². The van der Waals surface area contributed by atoms with Crippen LogP contribution >= 0.6 is 11.6 Å². The Morgan fingerprint density at radius 2 is 1.11 bits per heavy atom. The number of carbonyl (C=O) groups excluding carboxylic acids is 3. The van der Waals surface area contributed by atoms with Crippen molar-refractivity contribution in [3.63, 3.8) is 0 Å². The molecule has 0 fully saturated rings. The maximum Gasteiger partial charge on any atom is 0.416 e. The zero-order chi connectivity index (χ0) is 44.6. The Labute approximate surface area is 351 Å². The average molecular weight is 869 g/mol. The number of nitrogens with one attached hydrogen (secondary N) is 2. The topological polar surface area (TPSA) is 151 Å². The number of halogens is 7. The molecule has 5 aromatic rings. The van der Waals surface area contributed by atoms with E-state index in [0.29, 0.717) is 35.6 Å². The van der Waals surface area contributed by atoms with E-state index in [1.807, 2.05) is 31.3 Å². The highest BCUT2D eigenvalue weighted by Gasteiger charge is 2.37. The summed E-state index contributed by atoms with van der Waals surface area (Å²) < 4.78 is 77.7. The van der Waals surface area contributed by atoms with Crippen molar-refractivity contribution >= 4 is 46.4 Å². The summed E-state index contributed by atoms with van der Waals surface area (Å²) in [7, 11) is 3.98. The largest absolute Gasteiger partial charge is 0.416 e. The highest BCUT2D eigenvalue weighted by atomic mass is 35.5. The van der Waals surface area contributed by atoms with Crippen LogP contribution in [0.25, 0.3) is 0 Å². The van der Waals surface area contributed by atoms with Gasteiger partial charge in [-0.15, -0.1) is 0 Å². The number of anilines is 2. The van der Waals surface area contributed by atoms with Gasteiger partial charge in [-0.05, 0) is 116 Å². The van der Waals surface area contributed by atoms with Crippen LogP contribution < -0.4 is 16.4 Å². The Bertz CT molecular complexity index is 2400. The predicted molar refractivity (Wildman–Crippen MR) is 218 cm³/mol. The molecule has 2 aliphatic heterocycles. The maximum atomic E-state index is 12.9. The normalized spacial score (nSPS) is 13.9. The van der Waals surface area contributed by atoms with Crippen LogP contribution in [0.1, 0.15) is 64.5 Å². The summed E-state index contributed by atoms with van der Waals surface area (Å²) in [6.45, 7) is 3.38. The number of nitrogens with zero attached hydrogens (tertiary/aromatic N) is 3. The molecule has 0 radical (unpaired) electrons. The highest BCUT2D eigenvalue weighted by Crippen LogP contribution is 2.37. The van der Waals surface area contributed by atoms with Crippen molar-refractivity contribution in [2.24, 2.45) is 5.73 Å². The minimum absolute atomic E-state index is 0.00775. The van der Waals surface area contributed by atoms with Gasteiger partial charge >= 0.3 is 12.4 Å². The van der Waals surface area contributed by atoms with Crippen molar-refractivity contribution in [2.45, 2.75) is 38.3 Å². The number of amides is 3. The summed E-state index contributed by atoms with van der Waals surface area (Å²) in [4.78, 5) is 49.7. The summed E-state index contributed by atoms with van der Waals surface area (Å²) in [5, 5.41) is 16.1. The maximum absolute atomic E-state index is 12.9. The number of alkyl halides is 6. The second-order valence-corrected chi connectivity index (χ2v) is 14.7. The molecule has 0 bridgehead atoms. The molecule has 0 atom stereocenters. The van der Waals surface area contributed by atoms with Gasteiger partial charge in [0.25, 0.3) is 17.5 Å². The molecule has 0 aromatic heterocycles. The first kappa shape index (κ1) is 45.8. The fourth-order valence-corrected chi connectivity index (χ4v) is 6.63. The van der Waals surface area contributed by atoms with Gasteiger partial charge in [0.2, 0.25) is 5.91 Å². The number of hydrogen-bond donors (Lipinski definition) is 3. The highest BCUT2D eigenvalue weighted by molar-refractivity contribution is 6.32. The first-order chi connectivity index (χ1) is 28.7. The number of nitro groups is 1. The van der Waals surface area contributed by atoms with Crippen LogP contribution in [-0.4, -0.2) is 59.6 Å². The van der Waals surface area contributed by atoms with Gasteiger partial charge in [-0.25, -0.2) is 0 Å². The molecule has 61 heavy (non-hydrogen) atoms. The zero-order valence-corrected chi connectivity index (χ0v) is 33.4. The molecular weight excluding hydrogens is 830 g/mol. The molecule has 0 aliphatic carbocycles. The van der Waals surface area contributed by atoms with E-state index < -0.39 is 45.8 Å². The molecule has 2 heterocycles. The van der Waals surface area contributed by atoms with E-state index in [1.54, 1.807) is 42.5 Å². The van der Waals surface area contributed by atoms with Crippen LogP contribution in [0.2, 0.25) is 5.02 Å². The number of benzene rings is 5. The van der Waals surface area contributed by atoms with Crippen molar-refractivity contribution in [1.82, 2.24) is 9.80 Å². The van der Waals surface area contributed by atoms with Crippen LogP contribution in [-0.2, 0) is 38.3 Å². The summed E-state index contributed by atoms with van der Waals surface area (Å²) in [6, 6.07) is 24.5. The Hall–Kier alpha value is -6.30. The molecule has 11 nitrogen and oxygen atoms in total. The van der Waals surface area contributed by atoms with Gasteiger partial charge in [-0.3, -0.25) is 24.5 Å². The standard InChI is InChI=1S/C19H16F6N2O.C17H16ClN3O3.C7H7NO/c1-27-5-4-11-2-3-16(8-13(11)10-27)26-17(28)12-6-14(18(20,21)22)9-15(7-12)19(23,24)25;1-20-7-6-11-2-4-14(8-13(11)10-20)19-17(22)12-3-5-15(18)16(9-12)21(23)24;8-7(9)6-4-2-1-3-5-6/h2-3,6-9H,4-5,10H2,1H3,(H,26,28);2-5,8-9H,6-7,10H2,1H3,(H,19,22);1-5H,(H2,8,9). The van der Waals surface area contributed by atoms with Crippen molar-refractivity contribution < 1.29 is 45.6 Å². The molecule has 7 rings (SSSR count). The molecule has 0 spiro atoms. The van der Waals surface area contributed by atoms with Crippen molar-refractivity contribution in [1.29, 1.82) is 0 Å². The monoisotopic (exact) mass is 868 g/mol. The van der Waals surface area contributed by atoms with Gasteiger partial charge < -0.3 is 26.2 Å². The minimum atomic E-state index is -5.01. The third-order valence-corrected chi connectivity index (χ3v) is 9.97. The smallest absolute Gasteiger partial charge is 0.366 e. The van der Waals surface area contributed by atoms with Gasteiger partial charge in [0.05, 0.1) is 16.1 Å². The van der Waals surface area contributed by atoms with E-state index in [2.05, 4.69) is 27.5 Å². The molecule has 4 N–H and O–H groups in total. The number of nitro benzene ring substituents is 1. The second-order valence-electron chi connectivity index (χ2n) is 14.3. The van der Waals surface area contributed by atoms with E-state index in [0.717, 1.165) is 43.6 Å². The third kappa shape index (κ3) is 12.6. The van der Waals surface area contributed by atoms with Crippen LogP contribution in [0, 0.1) is 10.1 Å². The fourth-order valence-electron chi connectivity index (χ4n) is 6.44.